The van der Waals surface area contributed by atoms with Gasteiger partial charge in [-0.25, -0.2) is 4.79 Å². The number of hydrogen-bond acceptors (Lipinski definition) is 4. The Hall–Kier alpha value is -0.810. The van der Waals surface area contributed by atoms with E-state index >= 15 is 0 Å². The van der Waals surface area contributed by atoms with E-state index in [1.165, 1.54) is 6.42 Å². The highest BCUT2D eigenvalue weighted by atomic mass is 16.6. The van der Waals surface area contributed by atoms with Crippen LogP contribution in [0.3, 0.4) is 0 Å². The summed E-state index contributed by atoms with van der Waals surface area (Å²) in [6, 6.07) is 0. The highest BCUT2D eigenvalue weighted by molar-refractivity contribution is 5.68. The van der Waals surface area contributed by atoms with Gasteiger partial charge in [0.2, 0.25) is 0 Å². The Balaban J connectivity index is 1.72. The lowest BCUT2D eigenvalue weighted by atomic mass is 9.83. The third-order valence-corrected chi connectivity index (χ3v) is 4.67. The van der Waals surface area contributed by atoms with E-state index in [9.17, 15) is 4.79 Å². The van der Waals surface area contributed by atoms with E-state index in [1.807, 2.05) is 25.7 Å². The van der Waals surface area contributed by atoms with Crippen molar-refractivity contribution in [2.75, 3.05) is 39.4 Å². The summed E-state index contributed by atoms with van der Waals surface area (Å²) in [5.41, 5.74) is -0.0699. The molecule has 2 saturated heterocycles. The van der Waals surface area contributed by atoms with Crippen molar-refractivity contribution in [2.24, 2.45) is 11.3 Å². The molecule has 1 amide bonds. The zero-order chi connectivity index (χ0) is 16.2. The highest BCUT2D eigenvalue weighted by Crippen LogP contribution is 2.30. The van der Waals surface area contributed by atoms with Crippen molar-refractivity contribution in [3.63, 3.8) is 0 Å². The molecule has 0 radical (unpaired) electrons. The predicted octanol–water partition coefficient (Wildman–Crippen LogP) is 2.65. The second-order valence-electron chi connectivity index (χ2n) is 7.91. The number of carbonyl (C=O) groups excluding carboxylic acids is 1. The van der Waals surface area contributed by atoms with Crippen LogP contribution in [-0.2, 0) is 9.47 Å². The number of rotatable bonds is 5. The molecule has 0 spiro atoms. The van der Waals surface area contributed by atoms with Crippen molar-refractivity contribution in [3.8, 4) is 0 Å². The summed E-state index contributed by atoms with van der Waals surface area (Å²) < 4.78 is 10.8. The molecule has 2 aliphatic heterocycles. The first-order valence-corrected chi connectivity index (χ1v) is 8.60. The minimum absolute atomic E-state index is 0.172. The fourth-order valence-electron chi connectivity index (χ4n) is 3.09. The van der Waals surface area contributed by atoms with E-state index in [0.29, 0.717) is 11.3 Å². The lowest BCUT2D eigenvalue weighted by Crippen LogP contribution is -2.51. The van der Waals surface area contributed by atoms with Gasteiger partial charge in [0, 0.05) is 25.0 Å². The Morgan fingerprint density at radius 1 is 1.41 bits per heavy atom. The van der Waals surface area contributed by atoms with Crippen LogP contribution in [0.1, 0.15) is 47.0 Å². The molecule has 5 nitrogen and oxygen atoms in total. The molecule has 0 aromatic carbocycles. The molecular weight excluding hydrogens is 280 g/mol. The largest absolute Gasteiger partial charge is 0.444 e. The summed E-state index contributed by atoms with van der Waals surface area (Å²) in [6.45, 7) is 13.4. The highest BCUT2D eigenvalue weighted by Gasteiger charge is 2.36. The van der Waals surface area contributed by atoms with Crippen molar-refractivity contribution >= 4 is 6.09 Å². The third kappa shape index (κ3) is 4.85. The first-order valence-electron chi connectivity index (χ1n) is 8.60. The second-order valence-corrected chi connectivity index (χ2v) is 7.91. The minimum Gasteiger partial charge on any atom is -0.444 e. The van der Waals surface area contributed by atoms with Gasteiger partial charge < -0.3 is 19.7 Å². The molecule has 0 unspecified atom stereocenters. The molecule has 0 aliphatic carbocycles. The van der Waals surface area contributed by atoms with Gasteiger partial charge in [0.15, 0.2) is 0 Å². The summed E-state index contributed by atoms with van der Waals surface area (Å²) in [5, 5.41) is 3.60. The first kappa shape index (κ1) is 17.5. The van der Waals surface area contributed by atoms with E-state index in [-0.39, 0.29) is 6.09 Å². The van der Waals surface area contributed by atoms with Crippen LogP contribution < -0.4 is 5.32 Å². The first-order chi connectivity index (χ1) is 10.3. The van der Waals surface area contributed by atoms with Gasteiger partial charge in [-0.1, -0.05) is 6.92 Å². The van der Waals surface area contributed by atoms with Gasteiger partial charge in [0.05, 0.1) is 13.2 Å². The summed E-state index contributed by atoms with van der Waals surface area (Å²) in [5.74, 6) is 0.524. The molecule has 0 aromatic rings. The van der Waals surface area contributed by atoms with Gasteiger partial charge in [-0.05, 0) is 52.5 Å². The van der Waals surface area contributed by atoms with Gasteiger partial charge in [0.1, 0.15) is 5.60 Å². The van der Waals surface area contributed by atoms with E-state index in [0.717, 1.165) is 52.2 Å². The van der Waals surface area contributed by atoms with Crippen LogP contribution >= 0.6 is 0 Å². The fourth-order valence-corrected chi connectivity index (χ4v) is 3.09. The molecule has 0 saturated carbocycles. The molecule has 0 aromatic heterocycles. The summed E-state index contributed by atoms with van der Waals surface area (Å²) in [6.07, 6.45) is 3.24. The van der Waals surface area contributed by atoms with Crippen LogP contribution in [0.4, 0.5) is 4.79 Å². The lowest BCUT2D eigenvalue weighted by Gasteiger charge is -2.41. The Labute approximate surface area is 134 Å². The molecule has 2 rings (SSSR count). The number of nitrogens with zero attached hydrogens (tertiary/aromatic N) is 1. The maximum absolute atomic E-state index is 12.2. The van der Waals surface area contributed by atoms with E-state index in [1.54, 1.807) is 0 Å². The van der Waals surface area contributed by atoms with Gasteiger partial charge >= 0.3 is 6.09 Å². The maximum Gasteiger partial charge on any atom is 0.410 e. The zero-order valence-corrected chi connectivity index (χ0v) is 14.6. The predicted molar refractivity (Wildman–Crippen MR) is 86.9 cm³/mol. The number of ether oxygens (including phenoxy) is 2. The number of hydrogen-bond donors (Lipinski definition) is 1. The molecule has 2 fully saturated rings. The van der Waals surface area contributed by atoms with Crippen molar-refractivity contribution in [3.05, 3.63) is 0 Å². The lowest BCUT2D eigenvalue weighted by molar-refractivity contribution is -0.113. The zero-order valence-electron chi connectivity index (χ0n) is 14.6. The van der Waals surface area contributed by atoms with Gasteiger partial charge in [0.25, 0.3) is 0 Å². The molecule has 2 aliphatic rings. The number of nitrogens with one attached hydrogen (secondary N) is 1. The van der Waals surface area contributed by atoms with E-state index < -0.39 is 5.60 Å². The normalized spacial score (nSPS) is 24.7. The van der Waals surface area contributed by atoms with Crippen LogP contribution in [0.2, 0.25) is 0 Å². The topological polar surface area (TPSA) is 50.8 Å². The van der Waals surface area contributed by atoms with Gasteiger partial charge in [-0.15, -0.1) is 0 Å². The molecular formula is C17H32N2O3. The standard InChI is InChI=1S/C17H32N2O3/c1-5-17(12-21-13-17)11-18-9-14-7-6-8-19(10-14)15(20)22-16(2,3)4/h14,18H,5-13H2,1-4H3/t14-/m0/s1. The fraction of sp³-hybridized carbons (Fsp3) is 0.941. The molecule has 128 valence electrons. The smallest absolute Gasteiger partial charge is 0.410 e. The van der Waals surface area contributed by atoms with Crippen LogP contribution in [0.15, 0.2) is 0 Å². The Morgan fingerprint density at radius 2 is 2.14 bits per heavy atom. The molecule has 0 bridgehead atoms. The molecule has 1 atom stereocenters. The quantitative estimate of drug-likeness (QED) is 0.848. The van der Waals surface area contributed by atoms with E-state index in [4.69, 9.17) is 9.47 Å². The Morgan fingerprint density at radius 3 is 2.68 bits per heavy atom. The van der Waals surface area contributed by atoms with Gasteiger partial charge in [-0.2, -0.15) is 0 Å². The SMILES string of the molecule is CCC1(CNC[C@@H]2CCCN(C(=O)OC(C)(C)C)C2)COC1. The monoisotopic (exact) mass is 312 g/mol. The number of amides is 1. The maximum atomic E-state index is 12.2. The molecule has 1 N–H and O–H groups in total. The summed E-state index contributed by atoms with van der Waals surface area (Å²) in [4.78, 5) is 14.0. The van der Waals surface area contributed by atoms with Crippen LogP contribution in [-0.4, -0.2) is 56.0 Å². The van der Waals surface area contributed by atoms with Crippen molar-refractivity contribution in [2.45, 2.75) is 52.6 Å². The average Bonchev–Trinajstić information content (AvgIpc) is 2.40. The summed E-state index contributed by atoms with van der Waals surface area (Å²) in [7, 11) is 0. The Bertz CT molecular complexity index is 369. The van der Waals surface area contributed by atoms with Gasteiger partial charge in [-0.3, -0.25) is 0 Å². The number of carbonyl (C=O) groups is 1. The second kappa shape index (κ2) is 7.18. The van der Waals surface area contributed by atoms with Crippen molar-refractivity contribution in [1.29, 1.82) is 0 Å². The summed E-state index contributed by atoms with van der Waals surface area (Å²) >= 11 is 0. The van der Waals surface area contributed by atoms with E-state index in [2.05, 4.69) is 12.2 Å². The Kier molecular flexibility index (Phi) is 5.72. The third-order valence-electron chi connectivity index (χ3n) is 4.67. The van der Waals surface area contributed by atoms with Crippen molar-refractivity contribution in [1.82, 2.24) is 10.2 Å². The molecule has 22 heavy (non-hydrogen) atoms. The average molecular weight is 312 g/mol. The minimum atomic E-state index is -0.417. The molecule has 2 heterocycles. The number of likely N-dealkylation sites (tertiary alicyclic amines) is 1. The van der Waals surface area contributed by atoms with Crippen LogP contribution in [0.5, 0.6) is 0 Å². The number of piperidine rings is 1. The molecule has 5 heteroatoms. The van der Waals surface area contributed by atoms with Crippen LogP contribution in [0.25, 0.3) is 0 Å². The van der Waals surface area contributed by atoms with Crippen molar-refractivity contribution < 1.29 is 14.3 Å². The van der Waals surface area contributed by atoms with Crippen LogP contribution in [0, 0.1) is 11.3 Å².